The Morgan fingerprint density at radius 2 is 2.06 bits per heavy atom. The van der Waals surface area contributed by atoms with Crippen molar-refractivity contribution in [3.63, 3.8) is 0 Å². The van der Waals surface area contributed by atoms with Gasteiger partial charge in [-0.25, -0.2) is 8.78 Å². The summed E-state index contributed by atoms with van der Waals surface area (Å²) in [7, 11) is 0. The molecule has 0 heterocycles. The topological polar surface area (TPSA) is 60.2 Å². The predicted molar refractivity (Wildman–Crippen MR) is 60.4 cm³/mol. The van der Waals surface area contributed by atoms with Crippen LogP contribution >= 0.6 is 15.9 Å². The van der Waals surface area contributed by atoms with Crippen molar-refractivity contribution >= 4 is 27.4 Å². The van der Waals surface area contributed by atoms with Gasteiger partial charge in [-0.3, -0.25) is 14.9 Å². The Kier molecular flexibility index (Phi) is 4.28. The molecule has 1 rings (SSSR count). The maximum Gasteiger partial charge on any atom is 0.278 e. The van der Waals surface area contributed by atoms with E-state index in [9.17, 15) is 23.7 Å². The van der Waals surface area contributed by atoms with E-state index < -0.39 is 27.4 Å². The summed E-state index contributed by atoms with van der Waals surface area (Å²) in [6.45, 7) is 1.30. The fourth-order valence-corrected chi connectivity index (χ4v) is 1.58. The number of ketones is 1. The molecule has 1 atom stereocenters. The number of carbonyl (C=O) groups excluding carboxylic acids is 1. The highest BCUT2D eigenvalue weighted by Gasteiger charge is 2.24. The first kappa shape index (κ1) is 13.7. The van der Waals surface area contributed by atoms with Crippen LogP contribution in [0.5, 0.6) is 0 Å². The SMILES string of the molecule is CC(=O)C(Br)c1ccc(C(F)F)c([N+](=O)[O-])c1. The number of halogens is 3. The van der Waals surface area contributed by atoms with Gasteiger partial charge >= 0.3 is 0 Å². The highest BCUT2D eigenvalue weighted by molar-refractivity contribution is 9.09. The minimum absolute atomic E-state index is 0.260. The molecule has 0 N–H and O–H groups in total. The average Bonchev–Trinajstić information content (AvgIpc) is 2.26. The molecule has 0 saturated heterocycles. The van der Waals surface area contributed by atoms with Crippen LogP contribution in [0.2, 0.25) is 0 Å². The van der Waals surface area contributed by atoms with Gasteiger partial charge < -0.3 is 0 Å². The van der Waals surface area contributed by atoms with E-state index in [2.05, 4.69) is 15.9 Å². The van der Waals surface area contributed by atoms with Crippen LogP contribution in [0.15, 0.2) is 18.2 Å². The molecule has 0 aliphatic heterocycles. The highest BCUT2D eigenvalue weighted by Crippen LogP contribution is 2.33. The van der Waals surface area contributed by atoms with Crippen molar-refractivity contribution in [1.82, 2.24) is 0 Å². The third kappa shape index (κ3) is 3.06. The lowest BCUT2D eigenvalue weighted by Crippen LogP contribution is -2.03. The number of carbonyl (C=O) groups is 1. The number of nitro groups is 1. The fourth-order valence-electron chi connectivity index (χ4n) is 1.30. The molecule has 1 aromatic carbocycles. The van der Waals surface area contributed by atoms with Crippen LogP contribution in [0.4, 0.5) is 14.5 Å². The van der Waals surface area contributed by atoms with E-state index in [0.29, 0.717) is 0 Å². The largest absolute Gasteiger partial charge is 0.298 e. The molecule has 0 bridgehead atoms. The van der Waals surface area contributed by atoms with Gasteiger partial charge in [-0.2, -0.15) is 0 Å². The number of rotatable bonds is 4. The number of benzene rings is 1. The van der Waals surface area contributed by atoms with Gasteiger partial charge in [0.1, 0.15) is 5.78 Å². The maximum atomic E-state index is 12.5. The summed E-state index contributed by atoms with van der Waals surface area (Å²) in [5.41, 5.74) is -1.04. The second kappa shape index (κ2) is 5.31. The zero-order chi connectivity index (χ0) is 13.2. The third-order valence-electron chi connectivity index (χ3n) is 2.14. The Labute approximate surface area is 104 Å². The second-order valence-electron chi connectivity index (χ2n) is 3.35. The summed E-state index contributed by atoms with van der Waals surface area (Å²) in [5, 5.41) is 10.6. The van der Waals surface area contributed by atoms with E-state index in [0.717, 1.165) is 12.1 Å². The zero-order valence-corrected chi connectivity index (χ0v) is 10.3. The molecular weight excluding hydrogens is 300 g/mol. The van der Waals surface area contributed by atoms with Crippen LogP contribution in [0.3, 0.4) is 0 Å². The smallest absolute Gasteiger partial charge is 0.278 e. The van der Waals surface area contributed by atoms with E-state index in [-0.39, 0.29) is 11.3 Å². The highest BCUT2D eigenvalue weighted by atomic mass is 79.9. The Bertz CT molecular complexity index is 465. The first-order valence-corrected chi connectivity index (χ1v) is 5.47. The molecule has 0 saturated carbocycles. The fraction of sp³-hybridized carbons (Fsp3) is 0.300. The van der Waals surface area contributed by atoms with Gasteiger partial charge in [0, 0.05) is 6.07 Å². The van der Waals surface area contributed by atoms with Crippen LogP contribution in [0.25, 0.3) is 0 Å². The molecule has 0 amide bonds. The number of alkyl halides is 3. The lowest BCUT2D eigenvalue weighted by Gasteiger charge is -2.08. The predicted octanol–water partition coefficient (Wildman–Crippen LogP) is 3.56. The van der Waals surface area contributed by atoms with Crippen LogP contribution in [0.1, 0.15) is 29.3 Å². The van der Waals surface area contributed by atoms with E-state index in [1.807, 2.05) is 0 Å². The molecule has 4 nitrogen and oxygen atoms in total. The molecule has 0 fully saturated rings. The van der Waals surface area contributed by atoms with E-state index in [1.165, 1.54) is 13.0 Å². The summed E-state index contributed by atoms with van der Waals surface area (Å²) in [4.78, 5) is 20.1. The quantitative estimate of drug-likeness (QED) is 0.485. The standard InChI is InChI=1S/C10H8BrF2NO3/c1-5(15)9(11)6-2-3-7(10(12)13)8(4-6)14(16)17/h2-4,9-10H,1H3. The zero-order valence-electron chi connectivity index (χ0n) is 8.69. The monoisotopic (exact) mass is 307 g/mol. The number of hydrogen-bond acceptors (Lipinski definition) is 3. The van der Waals surface area contributed by atoms with Crippen molar-refractivity contribution in [2.45, 2.75) is 18.2 Å². The Morgan fingerprint density at radius 3 is 2.47 bits per heavy atom. The summed E-state index contributed by atoms with van der Waals surface area (Å²) in [5.74, 6) is -0.260. The summed E-state index contributed by atoms with van der Waals surface area (Å²) in [6, 6.07) is 3.23. The van der Waals surface area contributed by atoms with Crippen molar-refractivity contribution in [2.75, 3.05) is 0 Å². The van der Waals surface area contributed by atoms with Crippen molar-refractivity contribution in [3.05, 3.63) is 39.4 Å². The van der Waals surface area contributed by atoms with Gasteiger partial charge in [-0.05, 0) is 18.6 Å². The van der Waals surface area contributed by atoms with E-state index in [1.54, 1.807) is 0 Å². The molecule has 0 aliphatic carbocycles. The van der Waals surface area contributed by atoms with Gasteiger partial charge in [-0.1, -0.05) is 22.0 Å². The van der Waals surface area contributed by atoms with Crippen molar-refractivity contribution in [2.24, 2.45) is 0 Å². The van der Waals surface area contributed by atoms with Crippen LogP contribution in [-0.4, -0.2) is 10.7 Å². The summed E-state index contributed by atoms with van der Waals surface area (Å²) >= 11 is 3.04. The Balaban J connectivity index is 3.28. The van der Waals surface area contributed by atoms with Crippen molar-refractivity contribution in [3.8, 4) is 0 Å². The summed E-state index contributed by atoms with van der Waals surface area (Å²) < 4.78 is 25.0. The average molecular weight is 308 g/mol. The molecule has 0 aliphatic rings. The van der Waals surface area contributed by atoms with Crippen LogP contribution in [-0.2, 0) is 4.79 Å². The van der Waals surface area contributed by atoms with Crippen LogP contribution < -0.4 is 0 Å². The Morgan fingerprint density at radius 1 is 1.47 bits per heavy atom. The molecule has 1 unspecified atom stereocenters. The Hall–Kier alpha value is -1.37. The van der Waals surface area contributed by atoms with Gasteiger partial charge in [-0.15, -0.1) is 0 Å². The van der Waals surface area contributed by atoms with Crippen molar-refractivity contribution in [1.29, 1.82) is 0 Å². The van der Waals surface area contributed by atoms with Gasteiger partial charge in [0.15, 0.2) is 0 Å². The molecule has 0 radical (unpaired) electrons. The van der Waals surface area contributed by atoms with E-state index in [4.69, 9.17) is 0 Å². The normalized spacial score (nSPS) is 12.5. The molecule has 7 heteroatoms. The molecule has 17 heavy (non-hydrogen) atoms. The number of nitrogens with zero attached hydrogens (tertiary/aromatic N) is 1. The minimum atomic E-state index is -2.92. The van der Waals surface area contributed by atoms with Gasteiger partial charge in [0.05, 0.1) is 15.3 Å². The lowest BCUT2D eigenvalue weighted by molar-refractivity contribution is -0.386. The third-order valence-corrected chi connectivity index (χ3v) is 3.31. The minimum Gasteiger partial charge on any atom is -0.298 e. The first-order valence-electron chi connectivity index (χ1n) is 4.55. The van der Waals surface area contributed by atoms with Gasteiger partial charge in [0.25, 0.3) is 12.1 Å². The molecule has 1 aromatic rings. The molecule has 0 aromatic heterocycles. The first-order chi connectivity index (χ1) is 7.84. The lowest BCUT2D eigenvalue weighted by atomic mass is 10.1. The number of nitro benzene ring substituents is 1. The molecule has 92 valence electrons. The number of Topliss-reactive ketones (excluding diaryl/α,β-unsaturated/α-hetero) is 1. The van der Waals surface area contributed by atoms with Crippen LogP contribution in [0, 0.1) is 10.1 Å². The maximum absolute atomic E-state index is 12.5. The molecule has 0 spiro atoms. The second-order valence-corrected chi connectivity index (χ2v) is 4.26. The molecular formula is C10H8BrF2NO3. The van der Waals surface area contributed by atoms with Gasteiger partial charge in [0.2, 0.25) is 0 Å². The van der Waals surface area contributed by atoms with Crippen molar-refractivity contribution < 1.29 is 18.5 Å². The number of hydrogen-bond donors (Lipinski definition) is 0. The summed E-state index contributed by atoms with van der Waals surface area (Å²) in [6.07, 6.45) is -2.92. The van der Waals surface area contributed by atoms with E-state index >= 15 is 0 Å².